The number of carboxylic acids is 1. The van der Waals surface area contributed by atoms with E-state index < -0.39 is 33.4 Å². The van der Waals surface area contributed by atoms with E-state index in [9.17, 15) is 24.1 Å². The van der Waals surface area contributed by atoms with Gasteiger partial charge in [-0.15, -0.1) is 0 Å². The molecule has 18 heavy (non-hydrogen) atoms. The van der Waals surface area contributed by atoms with Gasteiger partial charge in [0.1, 0.15) is 16.9 Å². The van der Waals surface area contributed by atoms with E-state index in [1.807, 2.05) is 0 Å². The molecule has 2 aromatic rings. The van der Waals surface area contributed by atoms with E-state index in [1.54, 1.807) is 0 Å². The zero-order valence-corrected chi connectivity index (χ0v) is 8.64. The highest BCUT2D eigenvalue weighted by Gasteiger charge is 2.19. The quantitative estimate of drug-likeness (QED) is 0.617. The fourth-order valence-electron chi connectivity index (χ4n) is 1.58. The minimum atomic E-state index is -1.50. The smallest absolute Gasteiger partial charge is 0.341 e. The highest BCUT2D eigenvalue weighted by molar-refractivity contribution is 5.94. The third kappa shape index (κ3) is 1.69. The number of nitro groups is 1. The Hall–Kier alpha value is -2.77. The van der Waals surface area contributed by atoms with Crippen LogP contribution in [0, 0.1) is 15.9 Å². The van der Waals surface area contributed by atoms with Crippen LogP contribution in [0.25, 0.3) is 10.9 Å². The molecule has 0 bridgehead atoms. The zero-order valence-electron chi connectivity index (χ0n) is 8.64. The van der Waals surface area contributed by atoms with E-state index in [2.05, 4.69) is 4.98 Å². The van der Waals surface area contributed by atoms with Crippen LogP contribution in [-0.2, 0) is 0 Å². The average molecular weight is 252 g/mol. The first kappa shape index (κ1) is 11.7. The summed E-state index contributed by atoms with van der Waals surface area (Å²) >= 11 is 0. The molecule has 0 saturated heterocycles. The molecular weight excluding hydrogens is 247 g/mol. The molecule has 1 heterocycles. The van der Waals surface area contributed by atoms with Crippen LogP contribution in [0.4, 0.5) is 10.1 Å². The molecule has 2 N–H and O–H groups in total. The van der Waals surface area contributed by atoms with Crippen LogP contribution in [0.5, 0.6) is 0 Å². The van der Waals surface area contributed by atoms with Gasteiger partial charge in [-0.1, -0.05) is 0 Å². The summed E-state index contributed by atoms with van der Waals surface area (Å²) in [7, 11) is 0. The standard InChI is InChI=1S/C10H5FN2O5/c11-4-1-5-8(7(2-4)13(17)18)12-3-6(9(5)14)10(15)16/h1-3H,(H,12,14)(H,15,16). The van der Waals surface area contributed by atoms with Crippen molar-refractivity contribution in [3.05, 3.63) is 50.0 Å². The van der Waals surface area contributed by atoms with Crippen molar-refractivity contribution in [3.8, 4) is 0 Å². The van der Waals surface area contributed by atoms with Crippen LogP contribution in [0.15, 0.2) is 23.1 Å². The molecule has 0 fully saturated rings. The summed E-state index contributed by atoms with van der Waals surface area (Å²) in [4.78, 5) is 34.6. The number of nitro benzene ring substituents is 1. The largest absolute Gasteiger partial charge is 0.477 e. The van der Waals surface area contributed by atoms with Gasteiger partial charge in [0.15, 0.2) is 0 Å². The summed E-state index contributed by atoms with van der Waals surface area (Å²) in [6.45, 7) is 0. The van der Waals surface area contributed by atoms with E-state index in [1.165, 1.54) is 0 Å². The summed E-state index contributed by atoms with van der Waals surface area (Å²) in [5, 5.41) is 19.0. The average Bonchev–Trinajstić information content (AvgIpc) is 2.28. The van der Waals surface area contributed by atoms with Gasteiger partial charge in [-0.25, -0.2) is 9.18 Å². The molecule has 0 radical (unpaired) electrons. The van der Waals surface area contributed by atoms with E-state index in [0.717, 1.165) is 12.3 Å². The molecule has 0 aliphatic heterocycles. The molecule has 8 heteroatoms. The lowest BCUT2D eigenvalue weighted by atomic mass is 10.1. The molecule has 2 rings (SSSR count). The Bertz CT molecular complexity index is 737. The maximum absolute atomic E-state index is 13.2. The maximum atomic E-state index is 13.2. The third-order valence-corrected chi connectivity index (χ3v) is 2.36. The fourth-order valence-corrected chi connectivity index (χ4v) is 1.58. The monoisotopic (exact) mass is 252 g/mol. The molecule has 7 nitrogen and oxygen atoms in total. The number of carbonyl (C=O) groups is 1. The SMILES string of the molecule is O=C(O)c1c[nH]c2c([N+](=O)[O-])cc(F)cc2c1=O. The molecule has 92 valence electrons. The lowest BCUT2D eigenvalue weighted by molar-refractivity contribution is -0.383. The Morgan fingerprint density at radius 3 is 2.67 bits per heavy atom. The molecule has 0 aliphatic rings. The minimum absolute atomic E-state index is 0.212. The number of carboxylic acid groups (broad SMARTS) is 1. The van der Waals surface area contributed by atoms with Crippen LogP contribution in [0.1, 0.15) is 10.4 Å². The van der Waals surface area contributed by atoms with Crippen molar-refractivity contribution in [1.82, 2.24) is 4.98 Å². The third-order valence-electron chi connectivity index (χ3n) is 2.36. The normalized spacial score (nSPS) is 10.5. The van der Waals surface area contributed by atoms with Gasteiger partial charge < -0.3 is 10.1 Å². The predicted octanol–water partition coefficient (Wildman–Crippen LogP) is 1.27. The van der Waals surface area contributed by atoms with E-state index in [-0.39, 0.29) is 10.9 Å². The number of aromatic nitrogens is 1. The van der Waals surface area contributed by atoms with Gasteiger partial charge in [-0.05, 0) is 6.07 Å². The molecule has 1 aromatic carbocycles. The number of nitrogens with one attached hydrogen (secondary N) is 1. The number of rotatable bonds is 2. The topological polar surface area (TPSA) is 113 Å². The van der Waals surface area contributed by atoms with Gasteiger partial charge in [-0.2, -0.15) is 0 Å². The number of non-ortho nitro benzene ring substituents is 1. The van der Waals surface area contributed by atoms with Gasteiger partial charge in [0.05, 0.1) is 16.4 Å². The van der Waals surface area contributed by atoms with Crippen molar-refractivity contribution >= 4 is 22.6 Å². The first-order chi connectivity index (χ1) is 8.41. The number of benzene rings is 1. The second-order valence-electron chi connectivity index (χ2n) is 3.44. The lowest BCUT2D eigenvalue weighted by Crippen LogP contribution is -2.16. The highest BCUT2D eigenvalue weighted by atomic mass is 19.1. The fraction of sp³-hybridized carbons (Fsp3) is 0. The molecule has 0 amide bonds. The minimum Gasteiger partial charge on any atom is -0.477 e. The Morgan fingerprint density at radius 1 is 1.44 bits per heavy atom. The molecule has 0 unspecified atom stereocenters. The van der Waals surface area contributed by atoms with Gasteiger partial charge in [-0.3, -0.25) is 14.9 Å². The summed E-state index contributed by atoms with van der Waals surface area (Å²) < 4.78 is 13.2. The van der Waals surface area contributed by atoms with Crippen molar-refractivity contribution < 1.29 is 19.2 Å². The zero-order chi connectivity index (χ0) is 13.4. The molecule has 0 atom stereocenters. The lowest BCUT2D eigenvalue weighted by Gasteiger charge is -2.01. The van der Waals surface area contributed by atoms with Crippen molar-refractivity contribution in [1.29, 1.82) is 0 Å². The Labute approximate surface area is 97.6 Å². The maximum Gasteiger partial charge on any atom is 0.341 e. The van der Waals surface area contributed by atoms with Crippen molar-refractivity contribution in [3.63, 3.8) is 0 Å². The van der Waals surface area contributed by atoms with E-state index in [4.69, 9.17) is 5.11 Å². The van der Waals surface area contributed by atoms with Crippen molar-refractivity contribution in [2.24, 2.45) is 0 Å². The first-order valence-electron chi connectivity index (χ1n) is 4.64. The van der Waals surface area contributed by atoms with Gasteiger partial charge >= 0.3 is 5.97 Å². The Balaban J connectivity index is 2.96. The molecule has 1 aromatic heterocycles. The van der Waals surface area contributed by atoms with E-state index in [0.29, 0.717) is 6.07 Å². The Kier molecular flexibility index (Phi) is 2.55. The number of nitrogens with zero attached hydrogens (tertiary/aromatic N) is 1. The van der Waals surface area contributed by atoms with Crippen molar-refractivity contribution in [2.75, 3.05) is 0 Å². The number of H-pyrrole nitrogens is 1. The highest BCUT2D eigenvalue weighted by Crippen LogP contribution is 2.23. The summed E-state index contributed by atoms with van der Waals surface area (Å²) in [5.74, 6) is -2.48. The van der Waals surface area contributed by atoms with Gasteiger partial charge in [0.2, 0.25) is 5.43 Å². The van der Waals surface area contributed by atoms with Crippen LogP contribution in [-0.4, -0.2) is 21.0 Å². The molecule has 0 aliphatic carbocycles. The van der Waals surface area contributed by atoms with Crippen LogP contribution >= 0.6 is 0 Å². The van der Waals surface area contributed by atoms with Gasteiger partial charge in [0.25, 0.3) is 5.69 Å². The summed E-state index contributed by atoms with van der Waals surface area (Å²) in [6.07, 6.45) is 0.845. The van der Waals surface area contributed by atoms with Crippen LogP contribution < -0.4 is 5.43 Å². The number of aromatic amines is 1. The van der Waals surface area contributed by atoms with E-state index >= 15 is 0 Å². The van der Waals surface area contributed by atoms with Gasteiger partial charge in [0, 0.05) is 6.20 Å². The predicted molar refractivity (Wildman–Crippen MR) is 58.1 cm³/mol. The number of halogens is 1. The number of aromatic carboxylic acids is 1. The second-order valence-corrected chi connectivity index (χ2v) is 3.44. The number of hydrogen-bond donors (Lipinski definition) is 2. The second kappa shape index (κ2) is 3.91. The van der Waals surface area contributed by atoms with Crippen molar-refractivity contribution in [2.45, 2.75) is 0 Å². The summed E-state index contributed by atoms with van der Waals surface area (Å²) in [5.41, 5.74) is -2.42. The number of fused-ring (bicyclic) bond motifs is 1. The summed E-state index contributed by atoms with van der Waals surface area (Å²) in [6, 6.07) is 1.41. The molecule has 0 saturated carbocycles. The Morgan fingerprint density at radius 2 is 2.11 bits per heavy atom. The molecular formula is C10H5FN2O5. The van der Waals surface area contributed by atoms with Crippen LogP contribution in [0.3, 0.4) is 0 Å². The molecule has 0 spiro atoms. The number of hydrogen-bond acceptors (Lipinski definition) is 4. The van der Waals surface area contributed by atoms with Crippen LogP contribution in [0.2, 0.25) is 0 Å². The first-order valence-corrected chi connectivity index (χ1v) is 4.64. The number of pyridine rings is 1.